The molecule has 1 heterocycles. The van der Waals surface area contributed by atoms with E-state index in [1.807, 2.05) is 48.2 Å². The maximum absolute atomic E-state index is 11.7. The lowest BCUT2D eigenvalue weighted by atomic mass is 10.2. The lowest BCUT2D eigenvalue weighted by molar-refractivity contribution is 0.598. The number of para-hydroxylation sites is 1. The van der Waals surface area contributed by atoms with Crippen LogP contribution in [0.5, 0.6) is 0 Å². The van der Waals surface area contributed by atoms with Crippen LogP contribution in [0.25, 0.3) is 11.3 Å². The van der Waals surface area contributed by atoms with Gasteiger partial charge in [0.2, 0.25) is 10.0 Å². The molecule has 0 amide bonds. The predicted molar refractivity (Wildman–Crippen MR) is 109 cm³/mol. The summed E-state index contributed by atoms with van der Waals surface area (Å²) >= 11 is 7.43. The molecular weight excluding hydrogens is 413 g/mol. The molecule has 2 N–H and O–H groups in total. The number of primary sulfonamides is 1. The number of hydrogen-bond acceptors (Lipinski definition) is 4. The number of rotatable bonds is 3. The van der Waals surface area contributed by atoms with Gasteiger partial charge in [-0.05, 0) is 30.7 Å². The second kappa shape index (κ2) is 7.94. The van der Waals surface area contributed by atoms with E-state index in [1.165, 1.54) is 23.5 Å². The molecule has 5 nitrogen and oxygen atoms in total. The lowest BCUT2D eigenvalue weighted by Crippen LogP contribution is -2.14. The van der Waals surface area contributed by atoms with E-state index >= 15 is 0 Å². The van der Waals surface area contributed by atoms with E-state index in [-0.39, 0.29) is 22.3 Å². The van der Waals surface area contributed by atoms with Gasteiger partial charge in [-0.25, -0.2) is 18.5 Å². The van der Waals surface area contributed by atoms with E-state index in [4.69, 9.17) is 16.7 Å². The van der Waals surface area contributed by atoms with E-state index in [0.717, 1.165) is 21.7 Å². The topological polar surface area (TPSA) is 77.4 Å². The first-order valence-electron chi connectivity index (χ1n) is 7.35. The molecule has 0 fully saturated rings. The Morgan fingerprint density at radius 1 is 1.19 bits per heavy atom. The third-order valence-corrected chi connectivity index (χ3v) is 6.10. The highest BCUT2D eigenvalue weighted by molar-refractivity contribution is 7.89. The van der Waals surface area contributed by atoms with Crippen molar-refractivity contribution in [2.75, 3.05) is 0 Å². The third-order valence-electron chi connectivity index (χ3n) is 3.79. The first-order chi connectivity index (χ1) is 11.8. The Labute approximate surface area is 167 Å². The van der Waals surface area contributed by atoms with Crippen molar-refractivity contribution in [3.8, 4) is 11.3 Å². The van der Waals surface area contributed by atoms with Crippen molar-refractivity contribution in [3.05, 3.63) is 63.2 Å². The molecule has 3 rings (SSSR count). The molecule has 0 aliphatic rings. The van der Waals surface area contributed by atoms with Crippen molar-refractivity contribution in [1.82, 2.24) is 4.57 Å². The minimum absolute atomic E-state index is 0. The Balaban J connectivity index is 0.00000243. The average molecular weight is 430 g/mol. The molecule has 9 heteroatoms. The summed E-state index contributed by atoms with van der Waals surface area (Å²) in [6.07, 6.45) is 0. The van der Waals surface area contributed by atoms with Crippen molar-refractivity contribution < 1.29 is 8.42 Å². The van der Waals surface area contributed by atoms with Gasteiger partial charge in [0.25, 0.3) is 0 Å². The molecule has 0 aliphatic carbocycles. The number of nitrogens with two attached hydrogens (primary N) is 1. The highest BCUT2D eigenvalue weighted by Gasteiger charge is 2.15. The minimum Gasteiger partial charge on any atom is -0.320 e. The number of nitrogens with zero attached hydrogens (tertiary/aromatic N) is 2. The molecule has 0 aliphatic heterocycles. The Morgan fingerprint density at radius 2 is 1.88 bits per heavy atom. The van der Waals surface area contributed by atoms with Crippen molar-refractivity contribution in [3.63, 3.8) is 0 Å². The summed E-state index contributed by atoms with van der Waals surface area (Å²) in [7, 11) is -2.00. The zero-order valence-electron chi connectivity index (χ0n) is 14.0. The van der Waals surface area contributed by atoms with Crippen LogP contribution in [-0.4, -0.2) is 13.0 Å². The van der Waals surface area contributed by atoms with E-state index in [0.29, 0.717) is 5.56 Å². The molecule has 0 saturated heterocycles. The number of sulfonamides is 1. The van der Waals surface area contributed by atoms with Crippen molar-refractivity contribution in [2.45, 2.75) is 11.8 Å². The van der Waals surface area contributed by atoms with Gasteiger partial charge in [-0.2, -0.15) is 0 Å². The highest BCUT2D eigenvalue weighted by atomic mass is 35.5. The third kappa shape index (κ3) is 4.19. The molecule has 3 aromatic rings. The number of thiazole rings is 1. The van der Waals surface area contributed by atoms with Crippen LogP contribution in [0.3, 0.4) is 0 Å². The number of halogens is 2. The van der Waals surface area contributed by atoms with Gasteiger partial charge in [0.1, 0.15) is 4.90 Å². The smallest absolute Gasteiger partial charge is 0.239 e. The van der Waals surface area contributed by atoms with Crippen LogP contribution >= 0.6 is 35.3 Å². The van der Waals surface area contributed by atoms with Crippen molar-refractivity contribution in [2.24, 2.45) is 17.2 Å². The fraction of sp³-hybridized carbons (Fsp3) is 0.118. The SMILES string of the molecule is Cc1ccccc1N=c1scc(-c2ccc(Cl)c(S(N)(=O)=O)c2)n1C.Cl. The second-order valence-corrected chi connectivity index (χ2v) is 8.32. The van der Waals surface area contributed by atoms with Crippen LogP contribution in [0, 0.1) is 6.92 Å². The molecule has 0 spiro atoms. The normalized spacial score (nSPS) is 12.1. The van der Waals surface area contributed by atoms with Gasteiger partial charge in [0.05, 0.1) is 16.4 Å². The molecule has 0 saturated carbocycles. The summed E-state index contributed by atoms with van der Waals surface area (Å²) in [5.74, 6) is 0. The first-order valence-corrected chi connectivity index (χ1v) is 10.2. The first kappa shape index (κ1) is 20.7. The van der Waals surface area contributed by atoms with Gasteiger partial charge in [-0.3, -0.25) is 0 Å². The Hall–Kier alpha value is -1.64. The summed E-state index contributed by atoms with van der Waals surface area (Å²) in [6.45, 7) is 2.00. The largest absolute Gasteiger partial charge is 0.320 e. The second-order valence-electron chi connectivity index (χ2n) is 5.55. The van der Waals surface area contributed by atoms with Gasteiger partial charge in [0.15, 0.2) is 4.80 Å². The van der Waals surface area contributed by atoms with Crippen LogP contribution in [0.2, 0.25) is 5.02 Å². The maximum atomic E-state index is 11.7. The van der Waals surface area contributed by atoms with Gasteiger partial charge in [-0.15, -0.1) is 23.7 Å². The van der Waals surface area contributed by atoms with E-state index in [2.05, 4.69) is 4.99 Å². The van der Waals surface area contributed by atoms with E-state index in [1.54, 1.807) is 6.07 Å². The average Bonchev–Trinajstić information content (AvgIpc) is 2.90. The summed E-state index contributed by atoms with van der Waals surface area (Å²) in [5, 5.41) is 7.26. The Kier molecular flexibility index (Phi) is 6.31. The monoisotopic (exact) mass is 429 g/mol. The zero-order valence-corrected chi connectivity index (χ0v) is 17.2. The summed E-state index contributed by atoms with van der Waals surface area (Å²) < 4.78 is 25.3. The molecule has 2 aromatic carbocycles. The zero-order chi connectivity index (χ0) is 18.2. The number of aryl methyl sites for hydroxylation is 1. The van der Waals surface area contributed by atoms with Gasteiger partial charge in [-0.1, -0.05) is 35.9 Å². The van der Waals surface area contributed by atoms with Crippen LogP contribution in [-0.2, 0) is 17.1 Å². The molecule has 0 atom stereocenters. The van der Waals surface area contributed by atoms with Gasteiger partial charge < -0.3 is 4.57 Å². The molecule has 0 radical (unpaired) electrons. The van der Waals surface area contributed by atoms with Crippen LogP contribution in [0.15, 0.2) is 57.7 Å². The predicted octanol–water partition coefficient (Wildman–Crippen LogP) is 4.02. The molecule has 138 valence electrons. The number of benzene rings is 2. The molecule has 26 heavy (non-hydrogen) atoms. The molecule has 0 bridgehead atoms. The number of hydrogen-bond donors (Lipinski definition) is 1. The fourth-order valence-corrected chi connectivity index (χ4v) is 4.40. The van der Waals surface area contributed by atoms with E-state index in [9.17, 15) is 8.42 Å². The van der Waals surface area contributed by atoms with Crippen LogP contribution in [0.4, 0.5) is 5.69 Å². The standard InChI is InChI=1S/C17H16ClN3O2S2.ClH/c1-11-5-3-4-6-14(11)20-17-21(2)15(10-24-17)12-7-8-13(18)16(9-12)25(19,22)23;/h3-10H,1-2H3,(H2,19,22,23);1H. The summed E-state index contributed by atoms with van der Waals surface area (Å²) in [5.41, 5.74) is 3.52. The fourth-order valence-electron chi connectivity index (χ4n) is 2.41. The molecule has 1 aromatic heterocycles. The van der Waals surface area contributed by atoms with E-state index < -0.39 is 10.0 Å². The van der Waals surface area contributed by atoms with Crippen LogP contribution in [0.1, 0.15) is 5.56 Å². The minimum atomic E-state index is -3.89. The quantitative estimate of drug-likeness (QED) is 0.682. The Bertz CT molecular complexity index is 1120. The number of aromatic nitrogens is 1. The molecule has 0 unspecified atom stereocenters. The maximum Gasteiger partial charge on any atom is 0.239 e. The van der Waals surface area contributed by atoms with Crippen molar-refractivity contribution in [1.29, 1.82) is 0 Å². The Morgan fingerprint density at radius 3 is 2.54 bits per heavy atom. The van der Waals surface area contributed by atoms with Gasteiger partial charge >= 0.3 is 0 Å². The van der Waals surface area contributed by atoms with Gasteiger partial charge in [0, 0.05) is 18.0 Å². The summed E-state index contributed by atoms with van der Waals surface area (Å²) in [6, 6.07) is 12.6. The highest BCUT2D eigenvalue weighted by Crippen LogP contribution is 2.28. The van der Waals surface area contributed by atoms with Crippen molar-refractivity contribution >= 4 is 51.1 Å². The summed E-state index contributed by atoms with van der Waals surface area (Å²) in [4.78, 5) is 5.40. The molecular formula is C17H17Cl2N3O2S2. The lowest BCUT2D eigenvalue weighted by Gasteiger charge is -2.07. The van der Waals surface area contributed by atoms with Crippen LogP contribution < -0.4 is 9.94 Å².